The summed E-state index contributed by atoms with van der Waals surface area (Å²) >= 11 is 0. The van der Waals surface area contributed by atoms with Crippen molar-refractivity contribution in [3.05, 3.63) is 17.0 Å². The second-order valence-electron chi connectivity index (χ2n) is 8.68. The van der Waals surface area contributed by atoms with Gasteiger partial charge in [0.25, 0.3) is 5.91 Å². The molecule has 0 radical (unpaired) electrons. The molecule has 1 aromatic heterocycles. The Kier molecular flexibility index (Phi) is 4.53. The van der Waals surface area contributed by atoms with Crippen LogP contribution in [0.25, 0.3) is 0 Å². The minimum atomic E-state index is -0.537. The summed E-state index contributed by atoms with van der Waals surface area (Å²) in [6.45, 7) is 4.04. The lowest BCUT2D eigenvalue weighted by atomic mass is 9.49. The number of carbonyl (C=O) groups is 2. The van der Waals surface area contributed by atoms with Crippen molar-refractivity contribution in [1.82, 2.24) is 10.5 Å². The molecular weight excluding hydrogens is 332 g/mol. The predicted octanol–water partition coefficient (Wildman–Crippen LogP) is 3.03. The van der Waals surface area contributed by atoms with Gasteiger partial charge >= 0.3 is 5.97 Å². The third-order valence-corrected chi connectivity index (χ3v) is 6.63. The van der Waals surface area contributed by atoms with Crippen LogP contribution < -0.4 is 5.32 Å². The number of aromatic nitrogens is 1. The van der Waals surface area contributed by atoms with Crippen molar-refractivity contribution in [3.8, 4) is 0 Å². The van der Waals surface area contributed by atoms with E-state index in [9.17, 15) is 9.59 Å². The van der Waals surface area contributed by atoms with Gasteiger partial charge in [0.2, 0.25) is 0 Å². The maximum Gasteiger partial charge on any atom is 0.344 e. The summed E-state index contributed by atoms with van der Waals surface area (Å²) < 4.78 is 10.2. The number of esters is 1. The van der Waals surface area contributed by atoms with Crippen molar-refractivity contribution < 1.29 is 18.8 Å². The zero-order chi connectivity index (χ0) is 18.3. The highest BCUT2D eigenvalue weighted by atomic mass is 16.5. The van der Waals surface area contributed by atoms with Gasteiger partial charge in [-0.05, 0) is 75.0 Å². The molecule has 6 heteroatoms. The highest BCUT2D eigenvalue weighted by molar-refractivity contribution is 5.93. The number of nitrogens with one attached hydrogen (secondary N) is 1. The molecule has 1 N–H and O–H groups in total. The van der Waals surface area contributed by atoms with Crippen LogP contribution in [0, 0.1) is 30.1 Å². The summed E-state index contributed by atoms with van der Waals surface area (Å²) in [5.41, 5.74) is 1.21. The maximum absolute atomic E-state index is 12.2. The molecule has 0 aliphatic heterocycles. The standard InChI is InChI=1S/C20H28N2O4/c1-3-16-18(12(2)26-22-16)19(24)25-10-17(23)21-11-20-7-13-4-14(8-20)6-15(5-13)9-20/h13-15H,3-11H2,1-2H3,(H,21,23). The Labute approximate surface area is 154 Å². The molecule has 0 saturated heterocycles. The number of amides is 1. The number of carbonyl (C=O) groups excluding carboxylic acids is 2. The average molecular weight is 360 g/mol. The fourth-order valence-corrected chi connectivity index (χ4v) is 5.97. The van der Waals surface area contributed by atoms with Crippen LogP contribution in [0.15, 0.2) is 4.52 Å². The number of rotatable bonds is 6. The van der Waals surface area contributed by atoms with E-state index in [0.717, 1.165) is 24.3 Å². The lowest BCUT2D eigenvalue weighted by Gasteiger charge is -2.56. The van der Waals surface area contributed by atoms with Gasteiger partial charge in [-0.2, -0.15) is 0 Å². The van der Waals surface area contributed by atoms with Gasteiger partial charge in [0.05, 0.1) is 5.69 Å². The summed E-state index contributed by atoms with van der Waals surface area (Å²) in [6.07, 6.45) is 8.50. The molecule has 1 amide bonds. The van der Waals surface area contributed by atoms with E-state index in [1.807, 2.05) is 6.92 Å². The van der Waals surface area contributed by atoms with E-state index in [4.69, 9.17) is 9.26 Å². The Hall–Kier alpha value is -1.85. The van der Waals surface area contributed by atoms with E-state index in [0.29, 0.717) is 23.4 Å². The number of hydrogen-bond acceptors (Lipinski definition) is 5. The fraction of sp³-hybridized carbons (Fsp3) is 0.750. The van der Waals surface area contributed by atoms with Gasteiger partial charge in [0, 0.05) is 6.54 Å². The molecule has 4 aliphatic carbocycles. The summed E-state index contributed by atoms with van der Waals surface area (Å²) in [5.74, 6) is 2.26. The molecule has 0 spiro atoms. The molecule has 4 aliphatic rings. The topological polar surface area (TPSA) is 81.4 Å². The van der Waals surface area contributed by atoms with Crippen molar-refractivity contribution in [3.63, 3.8) is 0 Å². The van der Waals surface area contributed by atoms with Crippen LogP contribution in [0.1, 0.15) is 67.3 Å². The lowest BCUT2D eigenvalue weighted by molar-refractivity contribution is -0.126. The van der Waals surface area contributed by atoms with Crippen molar-refractivity contribution in [2.24, 2.45) is 23.2 Å². The summed E-state index contributed by atoms with van der Waals surface area (Å²) in [5, 5.41) is 6.88. The first-order valence-electron chi connectivity index (χ1n) is 9.87. The smallest absolute Gasteiger partial charge is 0.344 e. The first-order valence-corrected chi connectivity index (χ1v) is 9.87. The SMILES string of the molecule is CCc1noc(C)c1C(=O)OCC(=O)NCC12CC3CC(CC(C3)C1)C2. The van der Waals surface area contributed by atoms with E-state index in [-0.39, 0.29) is 17.9 Å². The molecule has 4 fully saturated rings. The normalized spacial score (nSPS) is 31.8. The van der Waals surface area contributed by atoms with E-state index >= 15 is 0 Å². The van der Waals surface area contributed by atoms with Crippen LogP contribution in [0.4, 0.5) is 0 Å². The third kappa shape index (κ3) is 3.26. The molecule has 6 nitrogen and oxygen atoms in total. The van der Waals surface area contributed by atoms with Crippen LogP contribution in [0.5, 0.6) is 0 Å². The van der Waals surface area contributed by atoms with Crippen LogP contribution in [-0.4, -0.2) is 30.2 Å². The molecule has 4 bridgehead atoms. The molecule has 4 saturated carbocycles. The summed E-state index contributed by atoms with van der Waals surface area (Å²) in [6, 6.07) is 0. The first-order chi connectivity index (χ1) is 12.5. The minimum absolute atomic E-state index is 0.221. The third-order valence-electron chi connectivity index (χ3n) is 6.63. The number of aryl methyl sites for hydroxylation is 2. The minimum Gasteiger partial charge on any atom is -0.452 e. The maximum atomic E-state index is 12.2. The molecule has 1 aromatic rings. The number of hydrogen-bond donors (Lipinski definition) is 1. The molecule has 0 aromatic carbocycles. The van der Waals surface area contributed by atoms with Crippen molar-refractivity contribution in [2.75, 3.05) is 13.2 Å². The van der Waals surface area contributed by atoms with Crippen molar-refractivity contribution >= 4 is 11.9 Å². The summed E-state index contributed by atoms with van der Waals surface area (Å²) in [7, 11) is 0. The fourth-order valence-electron chi connectivity index (χ4n) is 5.97. The van der Waals surface area contributed by atoms with E-state index < -0.39 is 5.97 Å². The Morgan fingerprint density at radius 3 is 2.38 bits per heavy atom. The molecule has 0 atom stereocenters. The molecule has 0 unspecified atom stereocenters. The second-order valence-corrected chi connectivity index (χ2v) is 8.68. The average Bonchev–Trinajstić information content (AvgIpc) is 2.97. The van der Waals surface area contributed by atoms with Crippen LogP contribution >= 0.6 is 0 Å². The molecule has 5 rings (SSSR count). The monoisotopic (exact) mass is 360 g/mol. The van der Waals surface area contributed by atoms with E-state index in [2.05, 4.69) is 10.5 Å². The van der Waals surface area contributed by atoms with Gasteiger partial charge in [-0.25, -0.2) is 4.79 Å². The Bertz CT molecular complexity index is 673. The Morgan fingerprint density at radius 1 is 1.19 bits per heavy atom. The van der Waals surface area contributed by atoms with Gasteiger partial charge in [-0.15, -0.1) is 0 Å². The van der Waals surface area contributed by atoms with Crippen LogP contribution in [0.2, 0.25) is 0 Å². The molecule has 26 heavy (non-hydrogen) atoms. The van der Waals surface area contributed by atoms with Gasteiger partial charge in [-0.1, -0.05) is 12.1 Å². The van der Waals surface area contributed by atoms with Gasteiger partial charge in [0.1, 0.15) is 11.3 Å². The molecule has 142 valence electrons. The first kappa shape index (κ1) is 17.6. The van der Waals surface area contributed by atoms with Gasteiger partial charge < -0.3 is 14.6 Å². The van der Waals surface area contributed by atoms with Crippen molar-refractivity contribution in [1.29, 1.82) is 0 Å². The zero-order valence-electron chi connectivity index (χ0n) is 15.7. The largest absolute Gasteiger partial charge is 0.452 e. The highest BCUT2D eigenvalue weighted by Gasteiger charge is 2.50. The predicted molar refractivity (Wildman–Crippen MR) is 94.5 cm³/mol. The van der Waals surface area contributed by atoms with Crippen LogP contribution in [0.3, 0.4) is 0 Å². The van der Waals surface area contributed by atoms with E-state index in [1.54, 1.807) is 6.92 Å². The Balaban J connectivity index is 1.28. The molecular formula is C20H28N2O4. The quantitative estimate of drug-likeness (QED) is 0.789. The highest BCUT2D eigenvalue weighted by Crippen LogP contribution is 2.59. The zero-order valence-corrected chi connectivity index (χ0v) is 15.7. The molecule has 1 heterocycles. The van der Waals surface area contributed by atoms with Crippen molar-refractivity contribution in [2.45, 2.75) is 58.8 Å². The van der Waals surface area contributed by atoms with Crippen LogP contribution in [-0.2, 0) is 16.0 Å². The summed E-state index contributed by atoms with van der Waals surface area (Å²) in [4.78, 5) is 24.5. The van der Waals surface area contributed by atoms with Gasteiger partial charge in [0.15, 0.2) is 6.61 Å². The number of ether oxygens (including phenoxy) is 1. The lowest BCUT2D eigenvalue weighted by Crippen LogP contribution is -2.51. The number of nitrogens with zero attached hydrogens (tertiary/aromatic N) is 1. The second kappa shape index (κ2) is 6.71. The van der Waals surface area contributed by atoms with Gasteiger partial charge in [-0.3, -0.25) is 4.79 Å². The van der Waals surface area contributed by atoms with E-state index in [1.165, 1.54) is 38.5 Å². The Morgan fingerprint density at radius 2 is 1.81 bits per heavy atom.